The van der Waals surface area contributed by atoms with E-state index in [9.17, 15) is 13.6 Å². The maximum Gasteiger partial charge on any atom is 0.307 e. The molecule has 0 radical (unpaired) electrons. The molecule has 0 spiro atoms. The van der Waals surface area contributed by atoms with Crippen molar-refractivity contribution in [3.63, 3.8) is 0 Å². The van der Waals surface area contributed by atoms with Crippen LogP contribution in [0.1, 0.15) is 37.6 Å². The number of halogens is 2. The summed E-state index contributed by atoms with van der Waals surface area (Å²) in [6.07, 6.45) is 2.89. The number of carbonyl (C=O) groups is 1. The molecule has 156 valence electrons. The molecule has 0 aliphatic carbocycles. The number of methoxy groups -OCH3 is 1. The summed E-state index contributed by atoms with van der Waals surface area (Å²) in [6.45, 7) is 12.6. The molecule has 6 heteroatoms. The third kappa shape index (κ3) is 6.83. The van der Waals surface area contributed by atoms with Crippen molar-refractivity contribution in [3.05, 3.63) is 53.5 Å². The van der Waals surface area contributed by atoms with E-state index in [2.05, 4.69) is 24.1 Å². The highest BCUT2D eigenvalue weighted by Crippen LogP contribution is 2.32. The van der Waals surface area contributed by atoms with E-state index in [1.54, 1.807) is 13.2 Å². The lowest BCUT2D eigenvalue weighted by atomic mass is 10.1. The van der Waals surface area contributed by atoms with Crippen LogP contribution in [0.25, 0.3) is 10.9 Å². The van der Waals surface area contributed by atoms with Gasteiger partial charge in [-0.1, -0.05) is 12.2 Å². The van der Waals surface area contributed by atoms with Gasteiger partial charge < -0.3 is 14.4 Å². The molecule has 0 saturated carbocycles. The Bertz CT molecular complexity index is 823. The lowest BCUT2D eigenvalue weighted by Crippen LogP contribution is -2.03. The summed E-state index contributed by atoms with van der Waals surface area (Å²) in [6, 6.07) is 4.01. The summed E-state index contributed by atoms with van der Waals surface area (Å²) in [5.74, 6) is -0.708. The Morgan fingerprint density at radius 2 is 1.89 bits per heavy atom. The minimum atomic E-state index is -0.976. The number of carboxylic acids is 1. The van der Waals surface area contributed by atoms with E-state index < -0.39 is 18.5 Å². The predicted molar refractivity (Wildman–Crippen MR) is 112 cm³/mol. The summed E-state index contributed by atoms with van der Waals surface area (Å²) in [4.78, 5) is 11.0. The van der Waals surface area contributed by atoms with Gasteiger partial charge in [-0.05, 0) is 57.9 Å². The number of aryl methyl sites for hydroxylation is 2. The Balaban J connectivity index is 0.000000683. The van der Waals surface area contributed by atoms with E-state index >= 15 is 0 Å². The van der Waals surface area contributed by atoms with Crippen molar-refractivity contribution in [1.29, 1.82) is 0 Å². The molecule has 0 amide bonds. The van der Waals surface area contributed by atoms with Gasteiger partial charge in [-0.2, -0.15) is 0 Å². The topological polar surface area (TPSA) is 51.5 Å². The highest BCUT2D eigenvalue weighted by Gasteiger charge is 2.17. The molecule has 2 rings (SSSR count). The lowest BCUT2D eigenvalue weighted by Gasteiger charge is -2.07. The SMILES string of the molecule is C/C=C(/F)CF.C=CC.CCn1c(C)c(CC(=O)O)c2cc(OC)c(C)cc21. The number of hydrogen-bond donors (Lipinski definition) is 1. The van der Waals surface area contributed by atoms with Crippen LogP contribution < -0.4 is 4.74 Å². The Labute approximate surface area is 166 Å². The van der Waals surface area contributed by atoms with Crippen molar-refractivity contribution in [2.75, 3.05) is 13.8 Å². The predicted octanol–water partition coefficient (Wildman–Crippen LogP) is 5.94. The second-order valence-corrected chi connectivity index (χ2v) is 6.00. The van der Waals surface area contributed by atoms with E-state index in [4.69, 9.17) is 9.84 Å². The zero-order chi connectivity index (χ0) is 21.9. The van der Waals surface area contributed by atoms with Gasteiger partial charge in [0.15, 0.2) is 0 Å². The normalized spacial score (nSPS) is 10.5. The van der Waals surface area contributed by atoms with E-state index in [0.29, 0.717) is 0 Å². The number of ether oxygens (including phenoxy) is 1. The fraction of sp³-hybridized carbons (Fsp3) is 0.409. The minimum absolute atomic E-state index is 0.0432. The third-order valence-electron chi connectivity index (χ3n) is 4.06. The van der Waals surface area contributed by atoms with Crippen molar-refractivity contribution < 1.29 is 23.4 Å². The van der Waals surface area contributed by atoms with Crippen LogP contribution >= 0.6 is 0 Å². The van der Waals surface area contributed by atoms with E-state index in [-0.39, 0.29) is 6.42 Å². The number of benzene rings is 1. The largest absolute Gasteiger partial charge is 0.496 e. The smallest absolute Gasteiger partial charge is 0.307 e. The van der Waals surface area contributed by atoms with E-state index in [1.165, 1.54) is 6.92 Å². The molecular formula is C22H31F2NO3. The number of fused-ring (bicyclic) bond motifs is 1. The molecule has 4 nitrogen and oxygen atoms in total. The molecule has 0 fully saturated rings. The Morgan fingerprint density at radius 1 is 1.32 bits per heavy atom. The maximum atomic E-state index is 11.3. The Kier molecular flexibility index (Phi) is 11.5. The molecule has 0 aliphatic rings. The average Bonchev–Trinajstić information content (AvgIpc) is 2.91. The van der Waals surface area contributed by atoms with Gasteiger partial charge in [0.05, 0.1) is 13.5 Å². The van der Waals surface area contributed by atoms with Gasteiger partial charge in [0.25, 0.3) is 0 Å². The third-order valence-corrected chi connectivity index (χ3v) is 4.06. The Morgan fingerprint density at radius 3 is 2.25 bits per heavy atom. The summed E-state index contributed by atoms with van der Waals surface area (Å²) in [5, 5.41) is 10.0. The van der Waals surface area contributed by atoms with Crippen molar-refractivity contribution >= 4 is 16.9 Å². The number of allylic oxidation sites excluding steroid dienone is 3. The minimum Gasteiger partial charge on any atom is -0.496 e. The highest BCUT2D eigenvalue weighted by molar-refractivity contribution is 5.90. The molecule has 1 aromatic heterocycles. The zero-order valence-corrected chi connectivity index (χ0v) is 17.6. The molecule has 0 atom stereocenters. The fourth-order valence-electron chi connectivity index (χ4n) is 2.76. The maximum absolute atomic E-state index is 11.3. The van der Waals surface area contributed by atoms with Gasteiger partial charge in [0.1, 0.15) is 18.3 Å². The first-order valence-electron chi connectivity index (χ1n) is 9.03. The first-order chi connectivity index (χ1) is 13.2. The second-order valence-electron chi connectivity index (χ2n) is 6.00. The molecule has 0 unspecified atom stereocenters. The lowest BCUT2D eigenvalue weighted by molar-refractivity contribution is -0.136. The van der Waals surface area contributed by atoms with Crippen LogP contribution in [0, 0.1) is 13.8 Å². The number of aromatic nitrogens is 1. The molecule has 0 aliphatic heterocycles. The molecule has 1 N–H and O–H groups in total. The first-order valence-corrected chi connectivity index (χ1v) is 9.03. The molecule has 1 aromatic carbocycles. The van der Waals surface area contributed by atoms with Crippen LogP contribution in [0.2, 0.25) is 0 Å². The Hall–Kier alpha value is -2.63. The molecule has 1 heterocycles. The van der Waals surface area contributed by atoms with Crippen molar-refractivity contribution in [2.24, 2.45) is 0 Å². The molecule has 0 saturated heterocycles. The fourth-order valence-corrected chi connectivity index (χ4v) is 2.76. The van der Waals surface area contributed by atoms with E-state index in [0.717, 1.165) is 46.1 Å². The number of nitrogens with zero attached hydrogens (tertiary/aromatic N) is 1. The van der Waals surface area contributed by atoms with Crippen molar-refractivity contribution in [1.82, 2.24) is 4.57 Å². The zero-order valence-electron chi connectivity index (χ0n) is 17.6. The summed E-state index contributed by atoms with van der Waals surface area (Å²) >= 11 is 0. The van der Waals surface area contributed by atoms with Gasteiger partial charge in [0, 0.05) is 23.1 Å². The number of hydrogen-bond acceptors (Lipinski definition) is 2. The number of carboxylic acid groups (broad SMARTS) is 1. The first kappa shape index (κ1) is 25.4. The summed E-state index contributed by atoms with van der Waals surface area (Å²) in [7, 11) is 1.63. The van der Waals surface area contributed by atoms with Gasteiger partial charge >= 0.3 is 5.97 Å². The van der Waals surface area contributed by atoms with Gasteiger partial charge in [-0.15, -0.1) is 6.58 Å². The quantitative estimate of drug-likeness (QED) is 0.638. The van der Waals surface area contributed by atoms with Crippen LogP contribution in [0.3, 0.4) is 0 Å². The average molecular weight is 395 g/mol. The monoisotopic (exact) mass is 395 g/mol. The molecule has 28 heavy (non-hydrogen) atoms. The van der Waals surface area contributed by atoms with Gasteiger partial charge in [-0.25, -0.2) is 8.78 Å². The van der Waals surface area contributed by atoms with Crippen LogP contribution in [0.15, 0.2) is 36.7 Å². The second kappa shape index (κ2) is 12.7. The highest BCUT2D eigenvalue weighted by atomic mass is 19.2. The van der Waals surface area contributed by atoms with E-state index in [1.807, 2.05) is 26.8 Å². The van der Waals surface area contributed by atoms with Crippen LogP contribution in [-0.4, -0.2) is 29.4 Å². The summed E-state index contributed by atoms with van der Waals surface area (Å²) < 4.78 is 29.8. The van der Waals surface area contributed by atoms with Crippen molar-refractivity contribution in [3.8, 4) is 5.75 Å². The summed E-state index contributed by atoms with van der Waals surface area (Å²) in [5.41, 5.74) is 4.04. The van der Waals surface area contributed by atoms with Crippen LogP contribution in [-0.2, 0) is 17.8 Å². The number of alkyl halides is 1. The van der Waals surface area contributed by atoms with Gasteiger partial charge in [0.2, 0.25) is 0 Å². The standard InChI is InChI=1S/C15H19NO3.C4H6F2.C3H6/c1-5-16-10(3)11(8-15(17)18)12-7-14(19-4)9(2)6-13(12)16;1-2-4(6)3-5;1-3-2/h6-7H,5,8H2,1-4H3,(H,17,18);2H,3H2,1H3;3H,1H2,2H3/b;4-2+;. The number of rotatable bonds is 5. The number of aliphatic carboxylic acids is 1. The van der Waals surface area contributed by atoms with Gasteiger partial charge in [-0.3, -0.25) is 4.79 Å². The molecule has 0 bridgehead atoms. The van der Waals surface area contributed by atoms with Crippen molar-refractivity contribution in [2.45, 2.75) is 47.6 Å². The van der Waals surface area contributed by atoms with Crippen LogP contribution in [0.4, 0.5) is 8.78 Å². The molecule has 2 aromatic rings. The van der Waals surface area contributed by atoms with Crippen LogP contribution in [0.5, 0.6) is 5.75 Å². The molecular weight excluding hydrogens is 364 g/mol.